The monoisotopic (exact) mass is 704 g/mol. The van der Waals surface area contributed by atoms with E-state index in [-0.39, 0.29) is 21.8 Å². The lowest BCUT2D eigenvalue weighted by Gasteiger charge is -2.24. The Labute approximate surface area is 315 Å². The molecule has 0 amide bonds. The van der Waals surface area contributed by atoms with Gasteiger partial charge in [-0.3, -0.25) is 14.9 Å². The maximum Gasteiger partial charge on any atom is 0.269 e. The second kappa shape index (κ2) is 13.9. The van der Waals surface area contributed by atoms with Gasteiger partial charge in [-0.2, -0.15) is 4.57 Å². The molecule has 2 aliphatic rings. The zero-order valence-electron chi connectivity index (χ0n) is 30.3. The van der Waals surface area contributed by atoms with Gasteiger partial charge in [0.25, 0.3) is 5.69 Å². The molecule has 6 aromatic rings. The number of ketones is 1. The van der Waals surface area contributed by atoms with Crippen LogP contribution in [0.5, 0.6) is 0 Å². The van der Waals surface area contributed by atoms with Gasteiger partial charge < -0.3 is 4.90 Å². The number of para-hydroxylation sites is 1. The van der Waals surface area contributed by atoms with Crippen LogP contribution in [0.3, 0.4) is 0 Å². The molecule has 1 aliphatic carbocycles. The maximum absolute atomic E-state index is 14.5. The highest BCUT2D eigenvalue weighted by Crippen LogP contribution is 2.47. The van der Waals surface area contributed by atoms with Crippen molar-refractivity contribution < 1.29 is 14.3 Å². The molecule has 8 rings (SSSR count). The highest BCUT2D eigenvalue weighted by molar-refractivity contribution is 6.32. The normalized spacial score (nSPS) is 16.3. The summed E-state index contributed by atoms with van der Waals surface area (Å²) in [5.41, 5.74) is 11.7. The van der Waals surface area contributed by atoms with E-state index in [4.69, 9.17) is 0 Å². The lowest BCUT2D eigenvalue weighted by Crippen LogP contribution is -2.38. The number of hydrogen-bond acceptors (Lipinski definition) is 4. The van der Waals surface area contributed by atoms with E-state index in [9.17, 15) is 14.9 Å². The average Bonchev–Trinajstić information content (AvgIpc) is 3.41. The van der Waals surface area contributed by atoms with Crippen molar-refractivity contribution in [2.75, 3.05) is 11.9 Å². The third-order valence-corrected chi connectivity index (χ3v) is 10.4. The summed E-state index contributed by atoms with van der Waals surface area (Å²) < 4.78 is 2.22. The number of allylic oxidation sites excluding steroid dienone is 8. The molecule has 0 saturated carbocycles. The molecule has 0 N–H and O–H groups in total. The molecule has 0 unspecified atom stereocenters. The van der Waals surface area contributed by atoms with E-state index in [1.165, 1.54) is 17.7 Å². The maximum atomic E-state index is 14.5. The van der Waals surface area contributed by atoms with Crippen molar-refractivity contribution in [2.24, 2.45) is 0 Å². The van der Waals surface area contributed by atoms with E-state index in [2.05, 4.69) is 97.1 Å². The Balaban J connectivity index is 1.39. The minimum absolute atomic E-state index is 0.0391. The van der Waals surface area contributed by atoms with Crippen LogP contribution >= 0.6 is 0 Å². The van der Waals surface area contributed by atoms with Crippen LogP contribution in [-0.4, -0.2) is 17.8 Å². The van der Waals surface area contributed by atoms with E-state index in [1.54, 1.807) is 12.1 Å². The van der Waals surface area contributed by atoms with Gasteiger partial charge in [0.05, 0.1) is 4.92 Å². The molecule has 6 nitrogen and oxygen atoms in total. The number of nitro groups is 1. The van der Waals surface area contributed by atoms with Crippen molar-refractivity contribution in [3.05, 3.63) is 208 Å². The number of Topliss-reactive ketones (excluding diaryl/α,β-unsaturated/α-hetero) is 1. The Hall–Kier alpha value is -6.92. The smallest absolute Gasteiger partial charge is 0.269 e. The van der Waals surface area contributed by atoms with Crippen molar-refractivity contribution in [2.45, 2.75) is 19.3 Å². The molecule has 262 valence electrons. The van der Waals surface area contributed by atoms with Gasteiger partial charge in [-0.1, -0.05) is 98.8 Å². The van der Waals surface area contributed by atoms with Gasteiger partial charge in [-0.25, -0.2) is 0 Å². The van der Waals surface area contributed by atoms with Crippen LogP contribution < -0.4 is 9.47 Å². The molecule has 0 spiro atoms. The van der Waals surface area contributed by atoms with Crippen LogP contribution in [0.4, 0.5) is 11.4 Å². The van der Waals surface area contributed by atoms with Crippen molar-refractivity contribution in [1.82, 2.24) is 0 Å². The first-order valence-corrected chi connectivity index (χ1v) is 18.0. The largest absolute Gasteiger partial charge is 0.347 e. The fourth-order valence-corrected chi connectivity index (χ4v) is 7.65. The number of aromatic nitrogens is 1. The van der Waals surface area contributed by atoms with Gasteiger partial charge in [0.15, 0.2) is 5.78 Å². The lowest BCUT2D eigenvalue weighted by molar-refractivity contribution is -0.554. The van der Waals surface area contributed by atoms with Crippen molar-refractivity contribution in [3.8, 4) is 33.6 Å². The number of nitrogens with zero attached hydrogens (tertiary/aromatic N) is 3. The predicted molar refractivity (Wildman–Crippen MR) is 217 cm³/mol. The SMILES string of the molecule is CN1/C(=C\C=C2\C=C([n+]3c(-c4ccccc4)cc(-c4ccc([N+](=O)[O-])cc4)cc3-c3ccccc3)C=C(c3ccccc3)C2=O)C(C)(C)c2ccccc21. The van der Waals surface area contributed by atoms with E-state index in [0.29, 0.717) is 11.1 Å². The van der Waals surface area contributed by atoms with Crippen molar-refractivity contribution in [3.63, 3.8) is 0 Å². The first kappa shape index (κ1) is 34.2. The van der Waals surface area contributed by atoms with Crippen LogP contribution in [0.2, 0.25) is 0 Å². The molecule has 54 heavy (non-hydrogen) atoms. The quantitative estimate of drug-likeness (QED) is 0.0718. The third-order valence-electron chi connectivity index (χ3n) is 10.4. The number of carbonyl (C=O) groups excluding carboxylic acids is 1. The standard InChI is InChI=1S/C48H38N3O3/c1-48(2)42-21-13-14-22-43(42)49(3)46(48)28-25-37-29-40(32-41(47(37)52)34-15-7-4-8-16-34)50-44(35-17-9-5-10-18-35)30-38(31-45(50)36-19-11-6-12-20-36)33-23-26-39(27-24-33)51(53)54/h4-32H,1-3H3/q+1/b37-25-,46-28-. The van der Waals surface area contributed by atoms with E-state index >= 15 is 0 Å². The van der Waals surface area contributed by atoms with Crippen LogP contribution in [0.15, 0.2) is 187 Å². The first-order chi connectivity index (χ1) is 26.2. The summed E-state index contributed by atoms with van der Waals surface area (Å²) in [7, 11) is 2.08. The Morgan fingerprint density at radius 1 is 0.630 bits per heavy atom. The Kier molecular flexibility index (Phi) is 8.80. The molecule has 5 aromatic carbocycles. The summed E-state index contributed by atoms with van der Waals surface area (Å²) in [5.74, 6) is -0.0524. The molecule has 0 atom stereocenters. The zero-order valence-corrected chi connectivity index (χ0v) is 30.3. The van der Waals surface area contributed by atoms with Gasteiger partial charge in [-0.05, 0) is 76.9 Å². The summed E-state index contributed by atoms with van der Waals surface area (Å²) >= 11 is 0. The highest BCUT2D eigenvalue weighted by atomic mass is 16.6. The summed E-state index contributed by atoms with van der Waals surface area (Å²) in [5, 5.41) is 11.5. The fourth-order valence-electron chi connectivity index (χ4n) is 7.65. The first-order valence-electron chi connectivity index (χ1n) is 18.0. The Morgan fingerprint density at radius 3 is 1.72 bits per heavy atom. The summed E-state index contributed by atoms with van der Waals surface area (Å²) in [4.78, 5) is 27.8. The van der Waals surface area contributed by atoms with Crippen LogP contribution in [0, 0.1) is 10.1 Å². The number of likely N-dealkylation sites (N-methyl/N-ethyl adjacent to an activating group) is 1. The molecule has 2 heterocycles. The van der Waals surface area contributed by atoms with Gasteiger partial charge in [0.2, 0.25) is 17.1 Å². The summed E-state index contributed by atoms with van der Waals surface area (Å²) in [6.07, 6.45) is 8.04. The second-order valence-corrected chi connectivity index (χ2v) is 14.1. The number of fused-ring (bicyclic) bond motifs is 1. The average molecular weight is 705 g/mol. The minimum atomic E-state index is -0.382. The molecule has 1 aliphatic heterocycles. The summed E-state index contributed by atoms with van der Waals surface area (Å²) in [6, 6.07) is 49.5. The third kappa shape index (κ3) is 6.18. The molecule has 0 bridgehead atoms. The number of carbonyl (C=O) groups is 1. The number of pyridine rings is 1. The number of hydrogen-bond donors (Lipinski definition) is 0. The number of nitro benzene ring substituents is 1. The highest BCUT2D eigenvalue weighted by Gasteiger charge is 2.38. The Morgan fingerprint density at radius 2 is 1.17 bits per heavy atom. The number of non-ortho nitro benzene ring substituents is 1. The Bertz CT molecular complexity index is 2490. The number of benzene rings is 5. The van der Waals surface area contributed by atoms with E-state index < -0.39 is 0 Å². The number of anilines is 1. The molecule has 1 aromatic heterocycles. The van der Waals surface area contributed by atoms with Crippen LogP contribution in [0.1, 0.15) is 25.0 Å². The fraction of sp³-hybridized carbons (Fsp3) is 0.0833. The van der Waals surface area contributed by atoms with Crippen molar-refractivity contribution in [1.29, 1.82) is 0 Å². The van der Waals surface area contributed by atoms with E-state index in [1.807, 2.05) is 85.0 Å². The van der Waals surface area contributed by atoms with Crippen molar-refractivity contribution >= 4 is 28.4 Å². The van der Waals surface area contributed by atoms with Gasteiger partial charge >= 0.3 is 0 Å². The zero-order chi connectivity index (χ0) is 37.4. The molecule has 0 radical (unpaired) electrons. The predicted octanol–water partition coefficient (Wildman–Crippen LogP) is 10.6. The minimum Gasteiger partial charge on any atom is -0.347 e. The van der Waals surface area contributed by atoms with Crippen LogP contribution in [-0.2, 0) is 10.2 Å². The molecule has 6 heteroatoms. The van der Waals surface area contributed by atoms with Gasteiger partial charge in [0.1, 0.15) is 0 Å². The molecule has 0 fully saturated rings. The number of rotatable bonds is 7. The van der Waals surface area contributed by atoms with Crippen LogP contribution in [0.25, 0.3) is 44.9 Å². The molecular formula is C48H38N3O3+. The van der Waals surface area contributed by atoms with E-state index in [0.717, 1.165) is 56.3 Å². The second-order valence-electron chi connectivity index (χ2n) is 14.1. The molecular weight excluding hydrogens is 667 g/mol. The lowest BCUT2D eigenvalue weighted by atomic mass is 9.83. The topological polar surface area (TPSA) is 67.3 Å². The van der Waals surface area contributed by atoms with Gasteiger partial charge in [-0.15, -0.1) is 0 Å². The molecule has 0 saturated heterocycles. The summed E-state index contributed by atoms with van der Waals surface area (Å²) in [6.45, 7) is 4.44. The van der Waals surface area contributed by atoms with Gasteiger partial charge in [0, 0.05) is 82.5 Å².